The fraction of sp³-hybridized carbons (Fsp3) is 0.769. The van der Waals surface area contributed by atoms with E-state index in [2.05, 4.69) is 34.6 Å². The Morgan fingerprint density at radius 3 is 1.72 bits per heavy atom. The molecule has 2 aliphatic carbocycles. The van der Waals surface area contributed by atoms with Gasteiger partial charge in [-0.1, -0.05) is 0 Å². The first-order valence-electron chi connectivity index (χ1n) is 11.9. The summed E-state index contributed by atoms with van der Waals surface area (Å²) in [4.78, 5) is 0. The zero-order valence-electron chi connectivity index (χ0n) is 19.2. The smallest absolute Gasteiger partial charge is 0.168 e. The van der Waals surface area contributed by atoms with Gasteiger partial charge in [-0.25, -0.2) is 0 Å². The van der Waals surface area contributed by atoms with E-state index in [0.717, 1.165) is 44.5 Å². The van der Waals surface area contributed by atoms with Crippen LogP contribution in [0, 0.1) is 46.5 Å². The number of hydrogen-bond donors (Lipinski definition) is 0. The molecule has 0 unspecified atom stereocenters. The number of ether oxygens (including phenoxy) is 3. The second-order valence-electron chi connectivity index (χ2n) is 9.90. The molecular weight excluding hydrogens is 360 g/mol. The third-order valence-electron chi connectivity index (χ3n) is 8.61. The molecule has 3 nitrogen and oxygen atoms in total. The first-order chi connectivity index (χ1) is 13.9. The molecule has 1 aromatic carbocycles. The molecule has 2 saturated carbocycles. The minimum Gasteiger partial charge on any atom is -0.374 e. The van der Waals surface area contributed by atoms with E-state index in [1.54, 1.807) is 0 Å². The Labute approximate surface area is 177 Å². The molecule has 1 spiro atoms. The van der Waals surface area contributed by atoms with Gasteiger partial charge in [0.25, 0.3) is 0 Å². The molecule has 1 heterocycles. The molecule has 1 aromatic rings. The molecule has 0 bridgehead atoms. The van der Waals surface area contributed by atoms with Crippen LogP contribution in [0.1, 0.15) is 84.7 Å². The summed E-state index contributed by atoms with van der Waals surface area (Å²) in [5, 5.41) is 0. The summed E-state index contributed by atoms with van der Waals surface area (Å²) < 4.78 is 18.3. The quantitative estimate of drug-likeness (QED) is 0.599. The first-order valence-corrected chi connectivity index (χ1v) is 11.9. The van der Waals surface area contributed by atoms with Crippen molar-refractivity contribution in [3.63, 3.8) is 0 Å². The molecule has 4 rings (SSSR count). The van der Waals surface area contributed by atoms with Gasteiger partial charge in [-0.2, -0.15) is 0 Å². The lowest BCUT2D eigenvalue weighted by molar-refractivity contribution is -0.185. The Kier molecular flexibility index (Phi) is 6.39. The van der Waals surface area contributed by atoms with Crippen LogP contribution in [0.3, 0.4) is 0 Å². The van der Waals surface area contributed by atoms with E-state index >= 15 is 0 Å². The SMILES string of the molecule is Cc1c(C)c(C)c(COC2CCC(C3CCC4(CC3)OCCO4)CC2)c(C)c1C. The maximum atomic E-state index is 6.45. The van der Waals surface area contributed by atoms with Gasteiger partial charge >= 0.3 is 0 Å². The Balaban J connectivity index is 1.27. The van der Waals surface area contributed by atoms with Crippen molar-refractivity contribution >= 4 is 0 Å². The fourth-order valence-corrected chi connectivity index (χ4v) is 6.06. The predicted octanol–water partition coefficient (Wildman–Crippen LogP) is 6.24. The molecule has 3 heteroatoms. The van der Waals surface area contributed by atoms with Gasteiger partial charge in [0.2, 0.25) is 0 Å². The van der Waals surface area contributed by atoms with Crippen LogP contribution in [0.2, 0.25) is 0 Å². The van der Waals surface area contributed by atoms with Gasteiger partial charge < -0.3 is 14.2 Å². The van der Waals surface area contributed by atoms with Crippen molar-refractivity contribution in [2.45, 2.75) is 104 Å². The lowest BCUT2D eigenvalue weighted by Crippen LogP contribution is -2.38. The lowest BCUT2D eigenvalue weighted by Gasteiger charge is -2.40. The van der Waals surface area contributed by atoms with Gasteiger partial charge in [-0.3, -0.25) is 0 Å². The number of hydrogen-bond acceptors (Lipinski definition) is 3. The van der Waals surface area contributed by atoms with E-state index in [4.69, 9.17) is 14.2 Å². The van der Waals surface area contributed by atoms with Crippen LogP contribution in [0.25, 0.3) is 0 Å². The van der Waals surface area contributed by atoms with E-state index in [9.17, 15) is 0 Å². The standard InChI is InChI=1S/C26H40O3/c1-17-18(2)20(4)25(21(5)19(17)3)16-27-24-8-6-22(7-9-24)23-10-12-26(13-11-23)28-14-15-29-26/h22-24H,6-16H2,1-5H3. The Morgan fingerprint density at radius 2 is 1.17 bits per heavy atom. The van der Waals surface area contributed by atoms with Crippen molar-refractivity contribution in [2.24, 2.45) is 11.8 Å². The topological polar surface area (TPSA) is 27.7 Å². The van der Waals surface area contributed by atoms with Gasteiger partial charge in [-0.05, 0) is 118 Å². The molecule has 0 aromatic heterocycles. The highest BCUT2D eigenvalue weighted by Crippen LogP contribution is 2.44. The summed E-state index contributed by atoms with van der Waals surface area (Å²) in [6.07, 6.45) is 10.3. The molecule has 0 atom stereocenters. The highest BCUT2D eigenvalue weighted by Gasteiger charge is 2.42. The van der Waals surface area contributed by atoms with Crippen molar-refractivity contribution in [3.05, 3.63) is 33.4 Å². The minimum absolute atomic E-state index is 0.211. The maximum absolute atomic E-state index is 6.45. The monoisotopic (exact) mass is 400 g/mol. The maximum Gasteiger partial charge on any atom is 0.168 e. The molecule has 3 fully saturated rings. The predicted molar refractivity (Wildman–Crippen MR) is 117 cm³/mol. The zero-order chi connectivity index (χ0) is 20.6. The van der Waals surface area contributed by atoms with E-state index in [-0.39, 0.29) is 5.79 Å². The fourth-order valence-electron chi connectivity index (χ4n) is 6.06. The van der Waals surface area contributed by atoms with Crippen LogP contribution in [-0.4, -0.2) is 25.1 Å². The van der Waals surface area contributed by atoms with Crippen molar-refractivity contribution < 1.29 is 14.2 Å². The Hall–Kier alpha value is -0.900. The third kappa shape index (κ3) is 4.29. The van der Waals surface area contributed by atoms with Gasteiger partial charge in [0.05, 0.1) is 25.9 Å². The minimum atomic E-state index is -0.211. The molecule has 0 amide bonds. The van der Waals surface area contributed by atoms with Crippen molar-refractivity contribution in [1.29, 1.82) is 0 Å². The Morgan fingerprint density at radius 1 is 0.690 bits per heavy atom. The number of benzene rings is 1. The van der Waals surface area contributed by atoms with Gasteiger partial charge in [0.1, 0.15) is 0 Å². The Bertz CT molecular complexity index is 685. The second kappa shape index (κ2) is 8.69. The second-order valence-corrected chi connectivity index (χ2v) is 9.90. The largest absolute Gasteiger partial charge is 0.374 e. The summed E-state index contributed by atoms with van der Waals surface area (Å²) in [5.41, 5.74) is 8.56. The molecule has 162 valence electrons. The molecule has 0 radical (unpaired) electrons. The highest BCUT2D eigenvalue weighted by atomic mass is 16.7. The molecular formula is C26H40O3. The van der Waals surface area contributed by atoms with Crippen molar-refractivity contribution in [3.8, 4) is 0 Å². The molecule has 0 N–H and O–H groups in total. The van der Waals surface area contributed by atoms with Gasteiger partial charge in [0.15, 0.2) is 5.79 Å². The summed E-state index contributed by atoms with van der Waals surface area (Å²) in [7, 11) is 0. The number of rotatable bonds is 4. The van der Waals surface area contributed by atoms with Gasteiger partial charge in [-0.15, -0.1) is 0 Å². The van der Waals surface area contributed by atoms with Crippen LogP contribution < -0.4 is 0 Å². The van der Waals surface area contributed by atoms with Crippen LogP contribution in [0.5, 0.6) is 0 Å². The van der Waals surface area contributed by atoms with Crippen molar-refractivity contribution in [1.82, 2.24) is 0 Å². The third-order valence-corrected chi connectivity index (χ3v) is 8.61. The van der Waals surface area contributed by atoms with Crippen LogP contribution in [-0.2, 0) is 20.8 Å². The van der Waals surface area contributed by atoms with Gasteiger partial charge in [0, 0.05) is 12.8 Å². The van der Waals surface area contributed by atoms with E-state index < -0.39 is 0 Å². The molecule has 29 heavy (non-hydrogen) atoms. The van der Waals surface area contributed by atoms with E-state index in [1.165, 1.54) is 71.9 Å². The summed E-state index contributed by atoms with van der Waals surface area (Å²) in [6, 6.07) is 0. The summed E-state index contributed by atoms with van der Waals surface area (Å²) >= 11 is 0. The highest BCUT2D eigenvalue weighted by molar-refractivity contribution is 5.49. The van der Waals surface area contributed by atoms with E-state index in [0.29, 0.717) is 6.10 Å². The summed E-state index contributed by atoms with van der Waals surface area (Å²) in [5.74, 6) is 1.53. The average Bonchev–Trinajstić information content (AvgIpc) is 3.20. The molecule has 1 aliphatic heterocycles. The molecule has 1 saturated heterocycles. The van der Waals surface area contributed by atoms with E-state index in [1.807, 2.05) is 0 Å². The van der Waals surface area contributed by atoms with Crippen LogP contribution in [0.4, 0.5) is 0 Å². The van der Waals surface area contributed by atoms with Crippen molar-refractivity contribution in [2.75, 3.05) is 13.2 Å². The normalized spacial score (nSPS) is 27.6. The van der Waals surface area contributed by atoms with Crippen LogP contribution >= 0.6 is 0 Å². The summed E-state index contributed by atoms with van der Waals surface area (Å²) in [6.45, 7) is 13.6. The van der Waals surface area contributed by atoms with Crippen LogP contribution in [0.15, 0.2) is 0 Å². The zero-order valence-corrected chi connectivity index (χ0v) is 19.2. The lowest BCUT2D eigenvalue weighted by atomic mass is 9.71. The first kappa shape index (κ1) is 21.3. The average molecular weight is 401 g/mol. The molecule has 3 aliphatic rings.